The van der Waals surface area contributed by atoms with Crippen LogP contribution < -0.4 is 10.6 Å². The first-order valence-corrected chi connectivity index (χ1v) is 14.6. The fraction of sp³-hybridized carbons (Fsp3) is 0.548. The van der Waals surface area contributed by atoms with E-state index in [2.05, 4.69) is 46.1 Å². The summed E-state index contributed by atoms with van der Waals surface area (Å²) in [6.07, 6.45) is 12.6. The predicted molar refractivity (Wildman–Crippen MR) is 148 cm³/mol. The van der Waals surface area contributed by atoms with Crippen molar-refractivity contribution < 1.29 is 24.0 Å². The Bertz CT molecular complexity index is 1290. The molecule has 4 atom stereocenters. The van der Waals surface area contributed by atoms with Gasteiger partial charge in [0.1, 0.15) is 12.1 Å². The van der Waals surface area contributed by atoms with Gasteiger partial charge in [-0.25, -0.2) is 0 Å². The van der Waals surface area contributed by atoms with Crippen LogP contribution in [-0.2, 0) is 15.0 Å². The molecule has 9 heteroatoms. The van der Waals surface area contributed by atoms with Gasteiger partial charge in [-0.2, -0.15) is 0 Å². The van der Waals surface area contributed by atoms with Crippen molar-refractivity contribution in [2.45, 2.75) is 81.9 Å². The Morgan fingerprint density at radius 2 is 1.80 bits per heavy atom. The van der Waals surface area contributed by atoms with Gasteiger partial charge in [0.15, 0.2) is 0 Å². The van der Waals surface area contributed by atoms with E-state index < -0.39 is 30.0 Å². The first kappa shape index (κ1) is 26.7. The van der Waals surface area contributed by atoms with E-state index in [1.165, 1.54) is 36.7 Å². The number of allylic oxidation sites excluding steroid dienone is 1. The van der Waals surface area contributed by atoms with Crippen LogP contribution in [0.25, 0.3) is 6.08 Å². The molecule has 0 bridgehead atoms. The quantitative estimate of drug-likeness (QED) is 0.490. The molecule has 6 rings (SSSR count). The van der Waals surface area contributed by atoms with Crippen molar-refractivity contribution in [2.75, 3.05) is 13.1 Å². The van der Waals surface area contributed by atoms with Gasteiger partial charge in [-0.1, -0.05) is 60.8 Å². The van der Waals surface area contributed by atoms with Crippen molar-refractivity contribution in [3.63, 3.8) is 0 Å². The summed E-state index contributed by atoms with van der Waals surface area (Å²) in [5.41, 5.74) is 2.50. The van der Waals surface area contributed by atoms with Crippen LogP contribution in [0.1, 0.15) is 80.0 Å². The van der Waals surface area contributed by atoms with E-state index >= 15 is 0 Å². The second-order valence-electron chi connectivity index (χ2n) is 12.2. The molecule has 1 aliphatic heterocycles. The van der Waals surface area contributed by atoms with Gasteiger partial charge in [-0.3, -0.25) is 14.4 Å². The number of nitrogens with one attached hydrogen (secondary N) is 2. The molecule has 3 aliphatic carbocycles. The molecule has 3 N–H and O–H groups in total. The maximum Gasteiger partial charge on any atom is 0.290 e. The van der Waals surface area contributed by atoms with Gasteiger partial charge in [-0.05, 0) is 61.5 Å². The number of likely N-dealkylation sites (tertiary alicyclic amines) is 1. The molecule has 1 aromatic carbocycles. The van der Waals surface area contributed by atoms with Crippen molar-refractivity contribution in [2.24, 2.45) is 11.3 Å². The van der Waals surface area contributed by atoms with Gasteiger partial charge >= 0.3 is 0 Å². The van der Waals surface area contributed by atoms with E-state index in [1.807, 2.05) is 6.07 Å². The summed E-state index contributed by atoms with van der Waals surface area (Å²) < 4.78 is 5.01. The molecule has 4 aliphatic rings. The monoisotopic (exact) mass is 546 g/mol. The third kappa shape index (κ3) is 4.85. The highest BCUT2D eigenvalue weighted by molar-refractivity contribution is 5.97. The van der Waals surface area contributed by atoms with Crippen molar-refractivity contribution in [1.29, 1.82) is 0 Å². The van der Waals surface area contributed by atoms with Gasteiger partial charge in [-0.15, -0.1) is 0 Å². The van der Waals surface area contributed by atoms with Crippen LogP contribution in [0, 0.1) is 11.3 Å². The zero-order valence-electron chi connectivity index (χ0n) is 23.0. The average Bonchev–Trinajstić information content (AvgIpc) is 3.30. The standard InChI is InChI=1S/C31H38N4O5/c1-20(36)25(29(39)35-17-14-30(15-18-35)13-9-21-7-3-4-8-22(21)30)33-28(38)26(34-27(37)24-10-16-32-40-24)23-19-31(23)11-5-2-6-12-31/h3-4,7-10,13,16,20,23,25-26,36H,2,5-6,11-12,14-15,17-19H2,1H3,(H,33,38)(H,34,37)/t20-,23?,25+,26+/m1/s1. The minimum Gasteiger partial charge on any atom is -0.391 e. The predicted octanol–water partition coefficient (Wildman–Crippen LogP) is 3.20. The molecule has 3 fully saturated rings. The molecule has 2 aromatic rings. The van der Waals surface area contributed by atoms with Crippen LogP contribution in [0.15, 0.2) is 47.1 Å². The summed E-state index contributed by atoms with van der Waals surface area (Å²) in [6, 6.07) is 7.90. The number of nitrogens with zero attached hydrogens (tertiary/aromatic N) is 2. The minimum atomic E-state index is -1.10. The largest absolute Gasteiger partial charge is 0.391 e. The zero-order chi connectivity index (χ0) is 27.9. The topological polar surface area (TPSA) is 125 Å². The van der Waals surface area contributed by atoms with E-state index in [1.54, 1.807) is 4.90 Å². The second kappa shape index (κ2) is 10.5. The highest BCUT2D eigenvalue weighted by Gasteiger charge is 2.59. The fourth-order valence-electron chi connectivity index (χ4n) is 7.40. The number of amides is 3. The lowest BCUT2D eigenvalue weighted by Gasteiger charge is -2.41. The number of carbonyl (C=O) groups excluding carboxylic acids is 3. The molecular weight excluding hydrogens is 508 g/mol. The smallest absolute Gasteiger partial charge is 0.290 e. The van der Waals surface area contributed by atoms with E-state index in [0.717, 1.165) is 44.9 Å². The van der Waals surface area contributed by atoms with E-state index in [-0.39, 0.29) is 28.4 Å². The van der Waals surface area contributed by atoms with Gasteiger partial charge in [0.25, 0.3) is 5.91 Å². The van der Waals surface area contributed by atoms with Crippen LogP contribution in [-0.4, -0.2) is 64.2 Å². The molecule has 3 amide bonds. The lowest BCUT2D eigenvalue weighted by atomic mass is 9.74. The number of benzene rings is 1. The normalized spacial score (nSPS) is 24.2. The van der Waals surface area contributed by atoms with Crippen molar-refractivity contribution in [3.8, 4) is 0 Å². The summed E-state index contributed by atoms with van der Waals surface area (Å²) in [6.45, 7) is 2.59. The van der Waals surface area contributed by atoms with Gasteiger partial charge in [0.05, 0.1) is 12.3 Å². The maximum atomic E-state index is 13.7. The highest BCUT2D eigenvalue weighted by Crippen LogP contribution is 2.62. The van der Waals surface area contributed by atoms with Crippen LogP contribution in [0.4, 0.5) is 0 Å². The number of hydrogen-bond donors (Lipinski definition) is 3. The number of rotatable bonds is 7. The highest BCUT2D eigenvalue weighted by atomic mass is 16.5. The molecule has 40 heavy (non-hydrogen) atoms. The van der Waals surface area contributed by atoms with Crippen LogP contribution in [0.2, 0.25) is 0 Å². The lowest BCUT2D eigenvalue weighted by Crippen LogP contribution is -2.59. The zero-order valence-corrected chi connectivity index (χ0v) is 23.0. The number of piperidine rings is 1. The third-order valence-electron chi connectivity index (χ3n) is 9.83. The van der Waals surface area contributed by atoms with E-state index in [0.29, 0.717) is 13.1 Å². The minimum absolute atomic E-state index is 0.0199. The molecule has 9 nitrogen and oxygen atoms in total. The molecule has 0 radical (unpaired) electrons. The van der Waals surface area contributed by atoms with Crippen LogP contribution >= 0.6 is 0 Å². The summed E-state index contributed by atoms with van der Waals surface area (Å²) >= 11 is 0. The Morgan fingerprint density at radius 3 is 2.50 bits per heavy atom. The number of carbonyl (C=O) groups is 3. The Morgan fingerprint density at radius 1 is 1.05 bits per heavy atom. The lowest BCUT2D eigenvalue weighted by molar-refractivity contribution is -0.141. The van der Waals surface area contributed by atoms with Crippen LogP contribution in [0.5, 0.6) is 0 Å². The number of aliphatic hydroxyl groups is 1. The summed E-state index contributed by atoms with van der Waals surface area (Å²) in [5, 5.41) is 19.9. The SMILES string of the molecule is C[C@@H](O)[C@H](NC(=O)[C@@H](NC(=O)c1ccno1)C1CC12CCCCC2)C(=O)N1CCC2(C=Cc3ccccc32)CC1. The Labute approximate surface area is 234 Å². The maximum absolute atomic E-state index is 13.7. The molecule has 2 spiro atoms. The number of aliphatic hydroxyl groups excluding tert-OH is 1. The Hall–Kier alpha value is -3.46. The molecule has 1 aromatic heterocycles. The van der Waals surface area contributed by atoms with Crippen LogP contribution in [0.3, 0.4) is 0 Å². The fourth-order valence-corrected chi connectivity index (χ4v) is 7.40. The van der Waals surface area contributed by atoms with Gasteiger partial charge in [0.2, 0.25) is 17.6 Å². The molecule has 1 saturated heterocycles. The third-order valence-corrected chi connectivity index (χ3v) is 9.83. The molecule has 212 valence electrons. The Balaban J connectivity index is 1.15. The Kier molecular flexibility index (Phi) is 7.02. The molecular formula is C31H38N4O5. The van der Waals surface area contributed by atoms with E-state index in [9.17, 15) is 19.5 Å². The summed E-state index contributed by atoms with van der Waals surface area (Å²) in [4.78, 5) is 42.0. The summed E-state index contributed by atoms with van der Waals surface area (Å²) in [5.74, 6) is -1.24. The van der Waals surface area contributed by atoms with Crippen molar-refractivity contribution in [1.82, 2.24) is 20.7 Å². The van der Waals surface area contributed by atoms with Gasteiger partial charge < -0.3 is 25.2 Å². The number of hydrogen-bond acceptors (Lipinski definition) is 6. The number of aromatic nitrogens is 1. The van der Waals surface area contributed by atoms with Gasteiger partial charge in [0, 0.05) is 24.6 Å². The van der Waals surface area contributed by atoms with Crippen molar-refractivity contribution >= 4 is 23.8 Å². The van der Waals surface area contributed by atoms with Crippen molar-refractivity contribution in [3.05, 3.63) is 59.5 Å². The molecule has 2 saturated carbocycles. The average molecular weight is 547 g/mol. The molecule has 1 unspecified atom stereocenters. The second-order valence-corrected chi connectivity index (χ2v) is 12.2. The number of fused-ring (bicyclic) bond motifs is 2. The first-order valence-electron chi connectivity index (χ1n) is 14.6. The summed E-state index contributed by atoms with van der Waals surface area (Å²) in [7, 11) is 0. The van der Waals surface area contributed by atoms with E-state index in [4.69, 9.17) is 4.52 Å². The molecule has 2 heterocycles. The first-order chi connectivity index (χ1) is 19.3.